The second-order valence-corrected chi connectivity index (χ2v) is 6.32. The average molecular weight is 364 g/mol. The smallest absolute Gasteiger partial charge is 0.371 e. The van der Waals surface area contributed by atoms with E-state index in [1.807, 2.05) is 0 Å². The van der Waals surface area contributed by atoms with E-state index in [1.165, 1.54) is 4.68 Å². The van der Waals surface area contributed by atoms with Gasteiger partial charge in [0.1, 0.15) is 10.7 Å². The number of rotatable bonds is 4. The van der Waals surface area contributed by atoms with Gasteiger partial charge in [-0.1, -0.05) is 0 Å². The summed E-state index contributed by atoms with van der Waals surface area (Å²) in [6.45, 7) is 1.72. The Morgan fingerprint density at radius 1 is 1.50 bits per heavy atom. The molecule has 0 bridgehead atoms. The number of anilines is 1. The summed E-state index contributed by atoms with van der Waals surface area (Å²) in [7, 11) is -2.40. The van der Waals surface area contributed by atoms with Crippen LogP contribution in [-0.2, 0) is 17.1 Å². The van der Waals surface area contributed by atoms with Crippen molar-refractivity contribution < 1.29 is 22.7 Å². The van der Waals surface area contributed by atoms with Crippen molar-refractivity contribution >= 4 is 37.7 Å². The lowest BCUT2D eigenvalue weighted by molar-refractivity contribution is 0.0661. The molecule has 2 aromatic heterocycles. The molecule has 0 aromatic carbocycles. The second kappa shape index (κ2) is 4.94. The number of nitrogens with one attached hydrogen (secondary N) is 1. The third-order valence-electron chi connectivity index (χ3n) is 2.40. The van der Waals surface area contributed by atoms with Gasteiger partial charge in [-0.05, 0) is 22.9 Å². The van der Waals surface area contributed by atoms with E-state index in [-0.39, 0.29) is 15.4 Å². The number of carboxylic acids is 1. The van der Waals surface area contributed by atoms with Crippen LogP contribution < -0.4 is 4.72 Å². The summed E-state index contributed by atoms with van der Waals surface area (Å²) in [6.07, 6.45) is 0. The number of hydrogen-bond acceptors (Lipinski definition) is 5. The molecule has 108 valence electrons. The van der Waals surface area contributed by atoms with Gasteiger partial charge in [-0.3, -0.25) is 9.40 Å². The van der Waals surface area contributed by atoms with Crippen molar-refractivity contribution in [2.45, 2.75) is 11.8 Å². The molecule has 0 saturated heterocycles. The van der Waals surface area contributed by atoms with Crippen molar-refractivity contribution in [1.29, 1.82) is 0 Å². The number of carboxylic acid groups (broad SMARTS) is 1. The van der Waals surface area contributed by atoms with E-state index in [4.69, 9.17) is 9.52 Å². The molecule has 0 fully saturated rings. The number of nitrogens with zero attached hydrogens (tertiary/aromatic N) is 2. The standard InChI is InChI=1S/C10H10BrN3O5S/c1-5-3-8(14(2)12-5)13-20(17,18)7-4-6(10(15)16)19-9(7)11/h3-4,13H,1-2H3,(H,15,16). The Balaban J connectivity index is 2.40. The largest absolute Gasteiger partial charge is 0.475 e. The van der Waals surface area contributed by atoms with E-state index < -0.39 is 21.8 Å². The molecule has 0 amide bonds. The Kier molecular flexibility index (Phi) is 3.61. The fraction of sp³-hybridized carbons (Fsp3) is 0.200. The molecule has 20 heavy (non-hydrogen) atoms. The lowest BCUT2D eigenvalue weighted by Crippen LogP contribution is -2.15. The quantitative estimate of drug-likeness (QED) is 0.851. The van der Waals surface area contributed by atoms with Crippen molar-refractivity contribution in [2.24, 2.45) is 7.05 Å². The van der Waals surface area contributed by atoms with Gasteiger partial charge in [0.05, 0.1) is 5.69 Å². The lowest BCUT2D eigenvalue weighted by atomic mass is 10.5. The minimum Gasteiger partial charge on any atom is -0.475 e. The van der Waals surface area contributed by atoms with Gasteiger partial charge in [0.15, 0.2) is 4.67 Å². The SMILES string of the molecule is Cc1cc(NS(=O)(=O)c2cc(C(=O)O)oc2Br)n(C)n1. The number of aromatic nitrogens is 2. The van der Waals surface area contributed by atoms with Crippen LogP contribution in [0.4, 0.5) is 5.82 Å². The zero-order valence-corrected chi connectivity index (χ0v) is 12.8. The van der Waals surface area contributed by atoms with Crippen molar-refractivity contribution in [3.05, 3.63) is 28.3 Å². The predicted molar refractivity (Wildman–Crippen MR) is 72.1 cm³/mol. The Morgan fingerprint density at radius 2 is 2.15 bits per heavy atom. The van der Waals surface area contributed by atoms with Crippen LogP contribution in [0.3, 0.4) is 0 Å². The third-order valence-corrected chi connectivity index (χ3v) is 4.61. The molecule has 0 radical (unpaired) electrons. The summed E-state index contributed by atoms with van der Waals surface area (Å²) < 4.78 is 32.7. The molecule has 2 heterocycles. The van der Waals surface area contributed by atoms with E-state index in [0.29, 0.717) is 5.69 Å². The lowest BCUT2D eigenvalue weighted by Gasteiger charge is -2.05. The van der Waals surface area contributed by atoms with Crippen molar-refractivity contribution in [3.63, 3.8) is 0 Å². The topological polar surface area (TPSA) is 114 Å². The number of aromatic carboxylic acids is 1. The van der Waals surface area contributed by atoms with Gasteiger partial charge in [-0.15, -0.1) is 0 Å². The molecule has 0 aliphatic carbocycles. The predicted octanol–water partition coefficient (Wildman–Crippen LogP) is 1.58. The molecule has 8 nitrogen and oxygen atoms in total. The molecule has 0 unspecified atom stereocenters. The van der Waals surface area contributed by atoms with Gasteiger partial charge in [0.2, 0.25) is 5.76 Å². The fourth-order valence-electron chi connectivity index (χ4n) is 1.54. The van der Waals surface area contributed by atoms with Crippen LogP contribution in [0.1, 0.15) is 16.2 Å². The van der Waals surface area contributed by atoms with Gasteiger partial charge in [0.25, 0.3) is 10.0 Å². The first-order valence-corrected chi connectivity index (χ1v) is 7.54. The summed E-state index contributed by atoms with van der Waals surface area (Å²) in [5.74, 6) is -1.57. The summed E-state index contributed by atoms with van der Waals surface area (Å²) in [4.78, 5) is 10.5. The number of halogens is 1. The van der Waals surface area contributed by atoms with Crippen LogP contribution in [-0.4, -0.2) is 29.3 Å². The molecule has 2 N–H and O–H groups in total. The molecular weight excluding hydrogens is 354 g/mol. The maximum atomic E-state index is 12.2. The summed E-state index contributed by atoms with van der Waals surface area (Å²) in [5, 5.41) is 12.8. The molecule has 0 saturated carbocycles. The summed E-state index contributed by atoms with van der Waals surface area (Å²) in [5.41, 5.74) is 0.641. The highest BCUT2D eigenvalue weighted by Crippen LogP contribution is 2.28. The van der Waals surface area contributed by atoms with Crippen LogP contribution in [0.15, 0.2) is 26.1 Å². The van der Waals surface area contributed by atoms with Crippen LogP contribution >= 0.6 is 15.9 Å². The molecule has 2 rings (SSSR count). The highest BCUT2D eigenvalue weighted by molar-refractivity contribution is 9.10. The molecule has 2 aromatic rings. The minimum atomic E-state index is -3.98. The molecular formula is C10H10BrN3O5S. The van der Waals surface area contributed by atoms with E-state index >= 15 is 0 Å². The number of furan rings is 1. The van der Waals surface area contributed by atoms with Gasteiger partial charge < -0.3 is 9.52 Å². The second-order valence-electron chi connectivity index (χ2n) is 3.95. The first-order valence-electron chi connectivity index (χ1n) is 5.27. The first-order chi connectivity index (χ1) is 9.20. The minimum absolute atomic E-state index is 0.179. The summed E-state index contributed by atoms with van der Waals surface area (Å²) >= 11 is 2.89. The highest BCUT2D eigenvalue weighted by atomic mass is 79.9. The molecule has 10 heteroatoms. The zero-order valence-electron chi connectivity index (χ0n) is 10.4. The van der Waals surface area contributed by atoms with Gasteiger partial charge >= 0.3 is 5.97 Å². The van der Waals surface area contributed by atoms with Crippen molar-refractivity contribution in [1.82, 2.24) is 9.78 Å². The van der Waals surface area contributed by atoms with Crippen LogP contribution in [0, 0.1) is 6.92 Å². The molecule has 0 aliphatic heterocycles. The molecule has 0 atom stereocenters. The molecule has 0 spiro atoms. The van der Waals surface area contributed by atoms with Crippen molar-refractivity contribution in [2.75, 3.05) is 4.72 Å². The zero-order chi connectivity index (χ0) is 15.1. The molecule has 0 aliphatic rings. The van der Waals surface area contributed by atoms with E-state index in [2.05, 4.69) is 25.8 Å². The maximum Gasteiger partial charge on any atom is 0.371 e. The van der Waals surface area contributed by atoms with Gasteiger partial charge in [-0.2, -0.15) is 5.10 Å². The van der Waals surface area contributed by atoms with Gasteiger partial charge in [-0.25, -0.2) is 13.2 Å². The fourth-order valence-corrected chi connectivity index (χ4v) is 3.56. The monoisotopic (exact) mass is 363 g/mol. The van der Waals surface area contributed by atoms with Gasteiger partial charge in [0, 0.05) is 19.2 Å². The van der Waals surface area contributed by atoms with E-state index in [1.54, 1.807) is 20.0 Å². The number of sulfonamides is 1. The Bertz CT molecular complexity index is 777. The van der Waals surface area contributed by atoms with E-state index in [9.17, 15) is 13.2 Å². The Morgan fingerprint density at radius 3 is 2.60 bits per heavy atom. The number of aryl methyl sites for hydroxylation is 2. The first kappa shape index (κ1) is 14.6. The number of hydrogen-bond donors (Lipinski definition) is 2. The Labute approximate surface area is 122 Å². The highest BCUT2D eigenvalue weighted by Gasteiger charge is 2.25. The third kappa shape index (κ3) is 2.70. The van der Waals surface area contributed by atoms with Crippen molar-refractivity contribution in [3.8, 4) is 0 Å². The average Bonchev–Trinajstić information content (AvgIpc) is 2.83. The van der Waals surface area contributed by atoms with Crippen LogP contribution in [0.2, 0.25) is 0 Å². The normalized spacial score (nSPS) is 11.6. The maximum absolute atomic E-state index is 12.2. The van der Waals surface area contributed by atoms with E-state index in [0.717, 1.165) is 6.07 Å². The van der Waals surface area contributed by atoms with Crippen LogP contribution in [0.5, 0.6) is 0 Å². The Hall–Kier alpha value is -1.81. The summed E-state index contributed by atoms with van der Waals surface area (Å²) in [6, 6.07) is 2.47. The van der Waals surface area contributed by atoms with Crippen LogP contribution in [0.25, 0.3) is 0 Å². The number of carbonyl (C=O) groups is 1.